The van der Waals surface area contributed by atoms with Crippen LogP contribution in [0.3, 0.4) is 0 Å². The normalized spacial score (nSPS) is 21.9. The molecule has 0 bridgehead atoms. The lowest BCUT2D eigenvalue weighted by Crippen LogP contribution is -2.51. The fraction of sp³-hybridized carbons (Fsp3) is 0.611. The molecule has 5 nitrogen and oxygen atoms in total. The number of ether oxygens (including phenoxy) is 1. The van der Waals surface area contributed by atoms with E-state index in [0.29, 0.717) is 25.7 Å². The number of hydrogen-bond acceptors (Lipinski definition) is 4. The van der Waals surface area contributed by atoms with Crippen molar-refractivity contribution in [1.29, 1.82) is 0 Å². The second-order valence-electron chi connectivity index (χ2n) is 6.15. The van der Waals surface area contributed by atoms with E-state index in [1.807, 2.05) is 31.2 Å². The Balaban J connectivity index is 1.85. The number of nitrogens with one attached hydrogen (secondary N) is 1. The summed E-state index contributed by atoms with van der Waals surface area (Å²) < 4.78 is 5.47. The molecule has 1 aliphatic rings. The molecule has 0 spiro atoms. The van der Waals surface area contributed by atoms with Gasteiger partial charge in [0.2, 0.25) is 5.91 Å². The molecule has 1 aliphatic heterocycles. The Hall–Kier alpha value is -1.59. The average Bonchev–Trinajstić information content (AvgIpc) is 2.55. The summed E-state index contributed by atoms with van der Waals surface area (Å²) in [5, 5.41) is 12.5. The smallest absolute Gasteiger partial charge is 0.234 e. The van der Waals surface area contributed by atoms with Crippen LogP contribution in [-0.4, -0.2) is 47.8 Å². The van der Waals surface area contributed by atoms with Crippen molar-refractivity contribution in [3.05, 3.63) is 29.8 Å². The van der Waals surface area contributed by atoms with E-state index < -0.39 is 0 Å². The summed E-state index contributed by atoms with van der Waals surface area (Å²) in [6.45, 7) is 5.66. The van der Waals surface area contributed by atoms with E-state index in [0.717, 1.165) is 30.6 Å². The second kappa shape index (κ2) is 8.89. The average molecular weight is 320 g/mol. The molecule has 0 aromatic heterocycles. The maximum atomic E-state index is 12.2. The molecule has 128 valence electrons. The highest BCUT2D eigenvalue weighted by Gasteiger charge is 2.28. The van der Waals surface area contributed by atoms with Crippen LogP contribution in [0, 0.1) is 0 Å². The van der Waals surface area contributed by atoms with Crippen molar-refractivity contribution in [1.82, 2.24) is 10.2 Å². The molecule has 23 heavy (non-hydrogen) atoms. The van der Waals surface area contributed by atoms with Gasteiger partial charge in [-0.1, -0.05) is 18.6 Å². The molecule has 1 fully saturated rings. The Morgan fingerprint density at radius 1 is 1.43 bits per heavy atom. The van der Waals surface area contributed by atoms with E-state index in [-0.39, 0.29) is 18.6 Å². The van der Waals surface area contributed by atoms with Crippen LogP contribution < -0.4 is 10.1 Å². The predicted octanol–water partition coefficient (Wildman–Crippen LogP) is 1.94. The van der Waals surface area contributed by atoms with Gasteiger partial charge in [0.15, 0.2) is 0 Å². The maximum absolute atomic E-state index is 12.2. The molecular formula is C18H28N2O3. The van der Waals surface area contributed by atoms with Crippen LogP contribution in [0.5, 0.6) is 5.75 Å². The van der Waals surface area contributed by atoms with Gasteiger partial charge < -0.3 is 15.2 Å². The zero-order chi connectivity index (χ0) is 16.7. The summed E-state index contributed by atoms with van der Waals surface area (Å²) in [5.74, 6) is 0.822. The standard InChI is InChI=1S/C18H28N2O3/c1-3-23-17-9-5-7-15(10-17)11-19-18(22)12-20-14(2)6-4-8-16(20)13-21/h5,7,9-10,14,16,21H,3-4,6,8,11-13H2,1-2H3,(H,19,22). The van der Waals surface area contributed by atoms with Gasteiger partial charge in [0.25, 0.3) is 0 Å². The topological polar surface area (TPSA) is 61.8 Å². The van der Waals surface area contributed by atoms with Crippen LogP contribution in [-0.2, 0) is 11.3 Å². The lowest BCUT2D eigenvalue weighted by atomic mass is 9.97. The van der Waals surface area contributed by atoms with Gasteiger partial charge in [-0.2, -0.15) is 0 Å². The van der Waals surface area contributed by atoms with E-state index >= 15 is 0 Å². The number of piperidine rings is 1. The minimum Gasteiger partial charge on any atom is -0.494 e. The molecule has 2 atom stereocenters. The highest BCUT2D eigenvalue weighted by molar-refractivity contribution is 5.78. The van der Waals surface area contributed by atoms with Crippen LogP contribution in [0.4, 0.5) is 0 Å². The van der Waals surface area contributed by atoms with Crippen LogP contribution >= 0.6 is 0 Å². The maximum Gasteiger partial charge on any atom is 0.234 e. The highest BCUT2D eigenvalue weighted by Crippen LogP contribution is 2.22. The summed E-state index contributed by atoms with van der Waals surface area (Å²) in [5.41, 5.74) is 1.02. The minimum absolute atomic E-state index is 0.000914. The molecule has 0 aliphatic carbocycles. The first-order chi connectivity index (χ1) is 11.1. The molecule has 0 saturated carbocycles. The van der Waals surface area contributed by atoms with Crippen molar-refractivity contribution in [3.63, 3.8) is 0 Å². The highest BCUT2D eigenvalue weighted by atomic mass is 16.5. The van der Waals surface area contributed by atoms with Crippen molar-refractivity contribution in [2.75, 3.05) is 19.8 Å². The predicted molar refractivity (Wildman–Crippen MR) is 90.4 cm³/mol. The summed E-state index contributed by atoms with van der Waals surface area (Å²) in [4.78, 5) is 14.4. The SMILES string of the molecule is CCOc1cccc(CNC(=O)CN2C(C)CCCC2CO)c1. The van der Waals surface area contributed by atoms with Crippen molar-refractivity contribution >= 4 is 5.91 Å². The Bertz CT molecular complexity index is 507. The van der Waals surface area contributed by atoms with Gasteiger partial charge in [-0.05, 0) is 44.4 Å². The van der Waals surface area contributed by atoms with Gasteiger partial charge in [0, 0.05) is 18.6 Å². The minimum atomic E-state index is -0.000914. The summed E-state index contributed by atoms with van der Waals surface area (Å²) in [6.07, 6.45) is 3.17. The first kappa shape index (κ1) is 17.8. The molecule has 5 heteroatoms. The largest absolute Gasteiger partial charge is 0.494 e. The number of aliphatic hydroxyl groups is 1. The second-order valence-corrected chi connectivity index (χ2v) is 6.15. The fourth-order valence-corrected chi connectivity index (χ4v) is 3.16. The van der Waals surface area contributed by atoms with Gasteiger partial charge in [0.1, 0.15) is 5.75 Å². The molecule has 1 saturated heterocycles. The first-order valence-corrected chi connectivity index (χ1v) is 8.49. The molecule has 2 rings (SSSR count). The number of benzene rings is 1. The number of likely N-dealkylation sites (tertiary alicyclic amines) is 1. The Morgan fingerprint density at radius 3 is 3.00 bits per heavy atom. The molecular weight excluding hydrogens is 292 g/mol. The van der Waals surface area contributed by atoms with Gasteiger partial charge in [-0.25, -0.2) is 0 Å². The van der Waals surface area contributed by atoms with Crippen LogP contribution in [0.2, 0.25) is 0 Å². The van der Waals surface area contributed by atoms with Crippen molar-refractivity contribution in [2.45, 2.75) is 51.7 Å². The van der Waals surface area contributed by atoms with Crippen LogP contribution in [0.25, 0.3) is 0 Å². The van der Waals surface area contributed by atoms with E-state index in [4.69, 9.17) is 4.74 Å². The van der Waals surface area contributed by atoms with Crippen molar-refractivity contribution in [2.24, 2.45) is 0 Å². The summed E-state index contributed by atoms with van der Waals surface area (Å²) in [7, 11) is 0. The van der Waals surface area contributed by atoms with Crippen molar-refractivity contribution < 1.29 is 14.6 Å². The lowest BCUT2D eigenvalue weighted by Gasteiger charge is -2.39. The lowest BCUT2D eigenvalue weighted by molar-refractivity contribution is -0.124. The van der Waals surface area contributed by atoms with Gasteiger partial charge in [-0.15, -0.1) is 0 Å². The number of carbonyl (C=O) groups excluding carboxylic acids is 1. The molecule has 1 amide bonds. The number of aliphatic hydroxyl groups excluding tert-OH is 1. The fourth-order valence-electron chi connectivity index (χ4n) is 3.16. The Morgan fingerprint density at radius 2 is 2.26 bits per heavy atom. The third kappa shape index (κ3) is 5.22. The zero-order valence-corrected chi connectivity index (χ0v) is 14.1. The monoisotopic (exact) mass is 320 g/mol. The van der Waals surface area contributed by atoms with Crippen LogP contribution in [0.1, 0.15) is 38.7 Å². The Kier molecular flexibility index (Phi) is 6.86. The number of carbonyl (C=O) groups is 1. The number of rotatable bonds is 7. The van der Waals surface area contributed by atoms with Gasteiger partial charge in [0.05, 0.1) is 19.8 Å². The van der Waals surface area contributed by atoms with Gasteiger partial charge >= 0.3 is 0 Å². The molecule has 1 heterocycles. The van der Waals surface area contributed by atoms with Crippen LogP contribution in [0.15, 0.2) is 24.3 Å². The third-order valence-electron chi connectivity index (χ3n) is 4.43. The molecule has 2 unspecified atom stereocenters. The van der Waals surface area contributed by atoms with Gasteiger partial charge in [-0.3, -0.25) is 9.69 Å². The van der Waals surface area contributed by atoms with E-state index in [1.54, 1.807) is 0 Å². The number of amides is 1. The van der Waals surface area contributed by atoms with E-state index in [9.17, 15) is 9.90 Å². The first-order valence-electron chi connectivity index (χ1n) is 8.49. The quantitative estimate of drug-likeness (QED) is 0.806. The number of hydrogen-bond donors (Lipinski definition) is 2. The van der Waals surface area contributed by atoms with E-state index in [2.05, 4.69) is 17.1 Å². The molecule has 1 aromatic carbocycles. The third-order valence-corrected chi connectivity index (χ3v) is 4.43. The zero-order valence-electron chi connectivity index (χ0n) is 14.1. The van der Waals surface area contributed by atoms with Crippen molar-refractivity contribution in [3.8, 4) is 5.75 Å². The number of nitrogens with zero attached hydrogens (tertiary/aromatic N) is 1. The molecule has 1 aromatic rings. The Labute approximate surface area is 138 Å². The summed E-state index contributed by atoms with van der Waals surface area (Å²) >= 11 is 0. The van der Waals surface area contributed by atoms with E-state index in [1.165, 1.54) is 0 Å². The molecule has 0 radical (unpaired) electrons. The molecule has 2 N–H and O–H groups in total. The summed E-state index contributed by atoms with van der Waals surface area (Å²) in [6, 6.07) is 8.21.